The topological polar surface area (TPSA) is 120 Å². The average molecular weight is 460 g/mol. The van der Waals surface area contributed by atoms with Crippen LogP contribution in [0, 0.1) is 0 Å². The number of benzene rings is 1. The Hall–Kier alpha value is -2.59. The number of hydrogen-bond acceptors (Lipinski definition) is 7. The van der Waals surface area contributed by atoms with Crippen LogP contribution in [0.5, 0.6) is 0 Å². The number of thioether (sulfide) groups is 1. The van der Waals surface area contributed by atoms with Crippen molar-refractivity contribution < 1.29 is 14.7 Å². The maximum absolute atomic E-state index is 12.4. The second kappa shape index (κ2) is 10.1. The molecule has 1 atom stereocenters. The first-order chi connectivity index (χ1) is 15.1. The van der Waals surface area contributed by atoms with Crippen LogP contribution in [0.2, 0.25) is 0 Å². The molecule has 2 heterocycles. The van der Waals surface area contributed by atoms with E-state index in [0.29, 0.717) is 10.4 Å². The highest BCUT2D eigenvalue weighted by molar-refractivity contribution is 8.01. The van der Waals surface area contributed by atoms with Crippen molar-refractivity contribution in [1.82, 2.24) is 20.5 Å². The molecule has 31 heavy (non-hydrogen) atoms. The summed E-state index contributed by atoms with van der Waals surface area (Å²) in [6.07, 6.45) is 8.08. The molecule has 2 aromatic heterocycles. The van der Waals surface area contributed by atoms with E-state index in [-0.39, 0.29) is 18.1 Å². The van der Waals surface area contributed by atoms with Gasteiger partial charge in [-0.25, -0.2) is 4.79 Å². The van der Waals surface area contributed by atoms with Crippen molar-refractivity contribution in [3.63, 3.8) is 0 Å². The lowest BCUT2D eigenvalue weighted by atomic mass is 9.96. The molecule has 1 aliphatic rings. The Bertz CT molecular complexity index is 1040. The van der Waals surface area contributed by atoms with Crippen LogP contribution in [-0.2, 0) is 16.0 Å². The van der Waals surface area contributed by atoms with Gasteiger partial charge in [-0.05, 0) is 24.5 Å². The van der Waals surface area contributed by atoms with Crippen molar-refractivity contribution in [3.8, 4) is 0 Å². The third-order valence-corrected chi connectivity index (χ3v) is 7.39. The van der Waals surface area contributed by atoms with Crippen LogP contribution in [0.25, 0.3) is 10.9 Å². The molecule has 0 spiro atoms. The third kappa shape index (κ3) is 5.76. The molecule has 0 radical (unpaired) electrons. The van der Waals surface area contributed by atoms with E-state index in [1.165, 1.54) is 42.4 Å². The molecule has 1 unspecified atom stereocenters. The number of aliphatic carboxylic acids is 1. The van der Waals surface area contributed by atoms with E-state index in [9.17, 15) is 14.7 Å². The summed E-state index contributed by atoms with van der Waals surface area (Å²) in [5, 5.41) is 25.7. The summed E-state index contributed by atoms with van der Waals surface area (Å²) in [4.78, 5) is 27.2. The number of nitrogens with zero attached hydrogens (tertiary/aromatic N) is 2. The second-order valence-corrected chi connectivity index (χ2v) is 9.86. The van der Waals surface area contributed by atoms with E-state index >= 15 is 0 Å². The number of para-hydroxylation sites is 1. The molecule has 1 aromatic carbocycles. The van der Waals surface area contributed by atoms with Crippen LogP contribution >= 0.6 is 23.1 Å². The summed E-state index contributed by atoms with van der Waals surface area (Å²) < 4.78 is 0.692. The third-order valence-electron chi connectivity index (χ3n) is 5.40. The number of aromatic nitrogens is 3. The molecule has 0 bridgehead atoms. The number of rotatable bonds is 9. The lowest BCUT2D eigenvalue weighted by Crippen LogP contribution is -2.43. The Morgan fingerprint density at radius 3 is 2.84 bits per heavy atom. The molecular formula is C21H25N5O3S2. The fraction of sp³-hybridized carbons (Fsp3) is 0.429. The first-order valence-corrected chi connectivity index (χ1v) is 12.2. The van der Waals surface area contributed by atoms with Gasteiger partial charge in [-0.1, -0.05) is 60.6 Å². The van der Waals surface area contributed by atoms with Crippen molar-refractivity contribution in [2.75, 3.05) is 11.1 Å². The van der Waals surface area contributed by atoms with Crippen LogP contribution in [-0.4, -0.2) is 50.0 Å². The molecule has 1 saturated carbocycles. The number of carboxylic acid groups (broad SMARTS) is 1. The molecule has 0 saturated heterocycles. The molecule has 1 fully saturated rings. The zero-order chi connectivity index (χ0) is 21.6. The number of nitrogens with one attached hydrogen (secondary N) is 3. The van der Waals surface area contributed by atoms with Gasteiger partial charge in [0.05, 0.1) is 5.75 Å². The van der Waals surface area contributed by atoms with Crippen LogP contribution in [0.4, 0.5) is 5.13 Å². The predicted molar refractivity (Wildman–Crippen MR) is 123 cm³/mol. The van der Waals surface area contributed by atoms with E-state index in [0.717, 1.165) is 34.4 Å². The van der Waals surface area contributed by atoms with Gasteiger partial charge in [-0.15, -0.1) is 10.2 Å². The molecule has 1 amide bonds. The Balaban J connectivity index is 1.29. The largest absolute Gasteiger partial charge is 0.480 e. The number of amides is 1. The predicted octanol–water partition coefficient (Wildman–Crippen LogP) is 3.67. The Labute approximate surface area is 188 Å². The van der Waals surface area contributed by atoms with Crippen LogP contribution < -0.4 is 10.6 Å². The van der Waals surface area contributed by atoms with Crippen LogP contribution in [0.3, 0.4) is 0 Å². The molecular weight excluding hydrogens is 434 g/mol. The highest BCUT2D eigenvalue weighted by Gasteiger charge is 2.22. The lowest BCUT2D eigenvalue weighted by Gasteiger charge is -2.21. The minimum atomic E-state index is -1.06. The first kappa shape index (κ1) is 21.6. The van der Waals surface area contributed by atoms with Gasteiger partial charge in [-0.2, -0.15) is 0 Å². The van der Waals surface area contributed by atoms with Gasteiger partial charge >= 0.3 is 5.97 Å². The van der Waals surface area contributed by atoms with E-state index < -0.39 is 12.0 Å². The number of H-pyrrole nitrogens is 1. The Morgan fingerprint density at radius 2 is 2.03 bits per heavy atom. The monoisotopic (exact) mass is 459 g/mol. The molecule has 0 aliphatic heterocycles. The molecule has 3 aromatic rings. The summed E-state index contributed by atoms with van der Waals surface area (Å²) >= 11 is 2.70. The summed E-state index contributed by atoms with van der Waals surface area (Å²) in [6, 6.07) is 7.15. The van der Waals surface area contributed by atoms with Crippen molar-refractivity contribution in [2.45, 2.75) is 54.9 Å². The molecule has 10 heteroatoms. The number of carbonyl (C=O) groups excluding carboxylic acids is 1. The normalized spacial score (nSPS) is 15.6. The second-order valence-electron chi connectivity index (χ2n) is 7.66. The highest BCUT2D eigenvalue weighted by Crippen LogP contribution is 2.28. The van der Waals surface area contributed by atoms with Crippen molar-refractivity contribution >= 4 is 51.0 Å². The van der Waals surface area contributed by atoms with Gasteiger partial charge in [0.15, 0.2) is 4.34 Å². The van der Waals surface area contributed by atoms with Gasteiger partial charge in [-0.3, -0.25) is 4.79 Å². The minimum absolute atomic E-state index is 0.0930. The Kier molecular flexibility index (Phi) is 7.08. The maximum atomic E-state index is 12.4. The van der Waals surface area contributed by atoms with E-state index in [4.69, 9.17) is 0 Å². The number of carboxylic acids is 1. The van der Waals surface area contributed by atoms with Gasteiger partial charge in [0.25, 0.3) is 0 Å². The summed E-state index contributed by atoms with van der Waals surface area (Å²) in [5.74, 6) is -1.30. The number of fused-ring (bicyclic) bond motifs is 1. The highest BCUT2D eigenvalue weighted by atomic mass is 32.2. The van der Waals surface area contributed by atoms with Gasteiger partial charge in [0, 0.05) is 29.6 Å². The maximum Gasteiger partial charge on any atom is 0.326 e. The molecule has 8 nitrogen and oxygen atoms in total. The van der Waals surface area contributed by atoms with E-state index in [2.05, 4.69) is 25.8 Å². The van der Waals surface area contributed by atoms with Crippen LogP contribution in [0.15, 0.2) is 34.8 Å². The Morgan fingerprint density at radius 1 is 1.23 bits per heavy atom. The van der Waals surface area contributed by atoms with Crippen molar-refractivity contribution in [2.24, 2.45) is 0 Å². The van der Waals surface area contributed by atoms with Gasteiger partial charge in [0.1, 0.15) is 6.04 Å². The van der Waals surface area contributed by atoms with Gasteiger partial charge < -0.3 is 20.7 Å². The average Bonchev–Trinajstić information content (AvgIpc) is 3.39. The fourth-order valence-electron chi connectivity index (χ4n) is 3.83. The quantitative estimate of drug-likeness (QED) is 0.360. The minimum Gasteiger partial charge on any atom is -0.480 e. The molecule has 4 N–H and O–H groups in total. The molecule has 164 valence electrons. The number of hydrogen-bond donors (Lipinski definition) is 4. The summed E-state index contributed by atoms with van der Waals surface area (Å²) in [6.45, 7) is 0. The molecule has 4 rings (SSSR count). The summed E-state index contributed by atoms with van der Waals surface area (Å²) in [5.41, 5.74) is 1.80. The summed E-state index contributed by atoms with van der Waals surface area (Å²) in [7, 11) is 0. The van der Waals surface area contributed by atoms with Gasteiger partial charge in [0.2, 0.25) is 11.0 Å². The van der Waals surface area contributed by atoms with Crippen molar-refractivity contribution in [1.29, 1.82) is 0 Å². The number of aromatic amines is 1. The first-order valence-electron chi connectivity index (χ1n) is 10.4. The zero-order valence-electron chi connectivity index (χ0n) is 17.0. The number of anilines is 1. The molecule has 1 aliphatic carbocycles. The van der Waals surface area contributed by atoms with E-state index in [1.54, 1.807) is 6.20 Å². The van der Waals surface area contributed by atoms with Crippen LogP contribution in [0.1, 0.15) is 37.7 Å². The SMILES string of the molecule is O=C(CSc1nnc(NC2CCCCC2)s1)NC(Cc1c[nH]c2ccccc12)C(=O)O. The standard InChI is InChI=1S/C21H25N5O3S2/c27-18(12-30-21-26-25-20(31-21)23-14-6-2-1-3-7-14)24-17(19(28)29)10-13-11-22-16-9-5-4-8-15(13)16/h4-5,8-9,11,14,17,22H,1-3,6-7,10,12H2,(H,23,25)(H,24,27)(H,28,29). The number of carbonyl (C=O) groups is 2. The lowest BCUT2D eigenvalue weighted by molar-refractivity contribution is -0.141. The van der Waals surface area contributed by atoms with Crippen molar-refractivity contribution in [3.05, 3.63) is 36.0 Å². The smallest absolute Gasteiger partial charge is 0.326 e. The van der Waals surface area contributed by atoms with E-state index in [1.807, 2.05) is 24.3 Å². The zero-order valence-corrected chi connectivity index (χ0v) is 18.6. The fourth-order valence-corrected chi connectivity index (χ4v) is 5.47.